The first kappa shape index (κ1) is 19.7. The maximum absolute atomic E-state index is 6.13. The van der Waals surface area contributed by atoms with Crippen molar-refractivity contribution in [2.45, 2.75) is 84.9 Å². The van der Waals surface area contributed by atoms with Gasteiger partial charge in [-0.1, -0.05) is 70.8 Å². The molecule has 0 heterocycles. The third-order valence-corrected chi connectivity index (χ3v) is 8.75. The van der Waals surface area contributed by atoms with Crippen molar-refractivity contribution in [1.29, 1.82) is 0 Å². The smallest absolute Gasteiger partial charge is 0.192 e. The van der Waals surface area contributed by atoms with Crippen molar-refractivity contribution in [2.75, 3.05) is 6.61 Å². The van der Waals surface area contributed by atoms with E-state index in [0.717, 1.165) is 6.61 Å². The SMILES string of the molecule is CCCCCC/C=C(C)\C=C\CO[Si](C)(C)C(C)(C)C. The van der Waals surface area contributed by atoms with E-state index in [2.05, 4.69) is 65.9 Å². The van der Waals surface area contributed by atoms with E-state index in [1.807, 2.05) is 0 Å². The lowest BCUT2D eigenvalue weighted by atomic mass is 10.1. The zero-order chi connectivity index (χ0) is 15.6. The van der Waals surface area contributed by atoms with Gasteiger partial charge >= 0.3 is 0 Å². The Morgan fingerprint density at radius 1 is 1.10 bits per heavy atom. The molecule has 20 heavy (non-hydrogen) atoms. The summed E-state index contributed by atoms with van der Waals surface area (Å²) in [7, 11) is -1.59. The molecule has 0 radical (unpaired) electrons. The van der Waals surface area contributed by atoms with E-state index in [9.17, 15) is 0 Å². The van der Waals surface area contributed by atoms with E-state index >= 15 is 0 Å². The molecule has 0 aliphatic heterocycles. The first-order valence-electron chi connectivity index (χ1n) is 8.18. The number of hydrogen-bond donors (Lipinski definition) is 0. The molecular weight excluding hydrogens is 260 g/mol. The first-order valence-corrected chi connectivity index (χ1v) is 11.1. The van der Waals surface area contributed by atoms with Gasteiger partial charge in [0.15, 0.2) is 8.32 Å². The minimum atomic E-state index is -1.59. The first-order chi connectivity index (χ1) is 9.20. The predicted molar refractivity (Wildman–Crippen MR) is 94.8 cm³/mol. The molecule has 0 amide bonds. The second kappa shape index (κ2) is 9.57. The highest BCUT2D eigenvalue weighted by Crippen LogP contribution is 2.36. The average molecular weight is 297 g/mol. The number of unbranched alkanes of at least 4 members (excludes halogenated alkanes) is 4. The molecule has 0 aromatic heterocycles. The fraction of sp³-hybridized carbons (Fsp3) is 0.778. The maximum atomic E-state index is 6.13. The highest BCUT2D eigenvalue weighted by atomic mass is 28.4. The van der Waals surface area contributed by atoms with Crippen LogP contribution in [0.3, 0.4) is 0 Å². The standard InChI is InChI=1S/C18H36OSi/c1-8-9-10-11-12-14-17(2)15-13-16-19-20(6,7)18(3,4)5/h13-15H,8-12,16H2,1-7H3/b15-13+,17-14-. The lowest BCUT2D eigenvalue weighted by Gasteiger charge is -2.35. The van der Waals surface area contributed by atoms with Crippen LogP contribution in [0.4, 0.5) is 0 Å². The Labute approximate surface area is 128 Å². The molecule has 0 saturated heterocycles. The summed E-state index contributed by atoms with van der Waals surface area (Å²) in [6, 6.07) is 0. The fourth-order valence-corrected chi connectivity index (χ4v) is 2.62. The zero-order valence-electron chi connectivity index (χ0n) is 14.9. The molecule has 0 unspecified atom stereocenters. The van der Waals surface area contributed by atoms with Gasteiger partial charge < -0.3 is 4.43 Å². The van der Waals surface area contributed by atoms with Crippen molar-refractivity contribution < 1.29 is 4.43 Å². The fourth-order valence-electron chi connectivity index (χ4n) is 1.68. The Morgan fingerprint density at radius 3 is 2.30 bits per heavy atom. The molecule has 0 fully saturated rings. The second-order valence-corrected chi connectivity index (χ2v) is 12.1. The van der Waals surface area contributed by atoms with Crippen molar-refractivity contribution in [3.8, 4) is 0 Å². The van der Waals surface area contributed by atoms with Gasteiger partial charge in [-0.2, -0.15) is 0 Å². The third-order valence-electron chi connectivity index (χ3n) is 4.25. The number of rotatable bonds is 9. The lowest BCUT2D eigenvalue weighted by Crippen LogP contribution is -2.40. The van der Waals surface area contributed by atoms with Crippen LogP contribution in [0, 0.1) is 0 Å². The van der Waals surface area contributed by atoms with Gasteiger partial charge in [-0.25, -0.2) is 0 Å². The van der Waals surface area contributed by atoms with E-state index in [1.54, 1.807) is 0 Å². The van der Waals surface area contributed by atoms with Crippen LogP contribution >= 0.6 is 0 Å². The minimum Gasteiger partial charge on any atom is -0.413 e. The topological polar surface area (TPSA) is 9.23 Å². The molecule has 0 aliphatic carbocycles. The Morgan fingerprint density at radius 2 is 1.75 bits per heavy atom. The van der Waals surface area contributed by atoms with Crippen molar-refractivity contribution in [3.05, 3.63) is 23.8 Å². The molecule has 0 aromatic carbocycles. The molecule has 0 bridgehead atoms. The lowest BCUT2D eigenvalue weighted by molar-refractivity contribution is 0.328. The van der Waals surface area contributed by atoms with Gasteiger partial charge in [-0.05, 0) is 37.9 Å². The largest absolute Gasteiger partial charge is 0.413 e. The molecule has 0 aliphatic rings. The van der Waals surface area contributed by atoms with Crippen LogP contribution in [0.15, 0.2) is 23.8 Å². The van der Waals surface area contributed by atoms with Crippen molar-refractivity contribution in [3.63, 3.8) is 0 Å². The van der Waals surface area contributed by atoms with E-state index in [1.165, 1.54) is 37.7 Å². The summed E-state index contributed by atoms with van der Waals surface area (Å²) in [4.78, 5) is 0. The van der Waals surface area contributed by atoms with Gasteiger partial charge in [-0.3, -0.25) is 0 Å². The molecule has 0 atom stereocenters. The summed E-state index contributed by atoms with van der Waals surface area (Å²) in [5.41, 5.74) is 1.36. The maximum Gasteiger partial charge on any atom is 0.192 e. The van der Waals surface area contributed by atoms with Gasteiger partial charge in [0.05, 0.1) is 6.61 Å². The van der Waals surface area contributed by atoms with Gasteiger partial charge in [-0.15, -0.1) is 0 Å². The van der Waals surface area contributed by atoms with Gasteiger partial charge in [0.2, 0.25) is 0 Å². The van der Waals surface area contributed by atoms with E-state index in [0.29, 0.717) is 5.04 Å². The predicted octanol–water partition coefficient (Wildman–Crippen LogP) is 6.48. The summed E-state index contributed by atoms with van der Waals surface area (Å²) in [5.74, 6) is 0. The van der Waals surface area contributed by atoms with E-state index < -0.39 is 8.32 Å². The molecule has 1 nitrogen and oxygen atoms in total. The molecule has 0 spiro atoms. The van der Waals surface area contributed by atoms with Crippen LogP contribution in [-0.2, 0) is 4.43 Å². The minimum absolute atomic E-state index is 0.297. The molecule has 118 valence electrons. The molecule has 0 aromatic rings. The normalized spacial score (nSPS) is 14.2. The highest BCUT2D eigenvalue weighted by molar-refractivity contribution is 6.74. The molecule has 0 rings (SSSR count). The summed E-state index contributed by atoms with van der Waals surface area (Å²) < 4.78 is 6.13. The van der Waals surface area contributed by atoms with Crippen molar-refractivity contribution in [1.82, 2.24) is 0 Å². The monoisotopic (exact) mass is 296 g/mol. The van der Waals surface area contributed by atoms with Gasteiger partial charge in [0.1, 0.15) is 0 Å². The second-order valence-electron chi connectivity index (χ2n) is 7.27. The highest BCUT2D eigenvalue weighted by Gasteiger charge is 2.36. The molecule has 2 heteroatoms. The van der Waals surface area contributed by atoms with Crippen LogP contribution in [0.5, 0.6) is 0 Å². The van der Waals surface area contributed by atoms with Crippen LogP contribution in [0.1, 0.15) is 66.7 Å². The quantitative estimate of drug-likeness (QED) is 0.269. The Bertz CT molecular complexity index is 308. The van der Waals surface area contributed by atoms with Crippen LogP contribution < -0.4 is 0 Å². The molecule has 0 saturated carbocycles. The summed E-state index contributed by atoms with van der Waals surface area (Å²) in [6.07, 6.45) is 13.3. The average Bonchev–Trinajstić information content (AvgIpc) is 2.33. The molecular formula is C18H36OSi. The number of allylic oxidation sites excluding steroid dienone is 3. The Kier molecular flexibility index (Phi) is 9.40. The number of hydrogen-bond acceptors (Lipinski definition) is 1. The van der Waals surface area contributed by atoms with Crippen molar-refractivity contribution in [2.24, 2.45) is 0 Å². The van der Waals surface area contributed by atoms with E-state index in [-0.39, 0.29) is 0 Å². The van der Waals surface area contributed by atoms with Crippen LogP contribution in [-0.4, -0.2) is 14.9 Å². The van der Waals surface area contributed by atoms with Gasteiger partial charge in [0.25, 0.3) is 0 Å². The Balaban J connectivity index is 3.98. The zero-order valence-corrected chi connectivity index (χ0v) is 15.9. The van der Waals surface area contributed by atoms with Crippen LogP contribution in [0.25, 0.3) is 0 Å². The summed E-state index contributed by atoms with van der Waals surface area (Å²) in [5, 5.41) is 0.297. The Hall–Kier alpha value is -0.343. The molecule has 0 N–H and O–H groups in total. The third kappa shape index (κ3) is 8.75. The van der Waals surface area contributed by atoms with E-state index in [4.69, 9.17) is 4.43 Å². The van der Waals surface area contributed by atoms with Gasteiger partial charge in [0, 0.05) is 0 Å². The van der Waals surface area contributed by atoms with Crippen molar-refractivity contribution >= 4 is 8.32 Å². The van der Waals surface area contributed by atoms with Crippen LogP contribution in [0.2, 0.25) is 18.1 Å². The summed E-state index contributed by atoms with van der Waals surface area (Å²) >= 11 is 0. The summed E-state index contributed by atoms with van der Waals surface area (Å²) in [6.45, 7) is 16.6.